The van der Waals surface area contributed by atoms with Crippen molar-refractivity contribution in [2.45, 2.75) is 38.2 Å². The van der Waals surface area contributed by atoms with Gasteiger partial charge in [0, 0.05) is 11.3 Å². The molecule has 2 saturated heterocycles. The minimum atomic E-state index is -0.619. The molecule has 1 amide bonds. The van der Waals surface area contributed by atoms with Crippen LogP contribution in [-0.2, 0) is 9.47 Å². The highest BCUT2D eigenvalue weighted by molar-refractivity contribution is 5.94. The van der Waals surface area contributed by atoms with Gasteiger partial charge in [0.05, 0.1) is 30.6 Å². The number of aryl methyl sites for hydroxylation is 2. The fourth-order valence-electron chi connectivity index (χ4n) is 3.50. The Bertz CT molecular complexity index is 786. The van der Waals surface area contributed by atoms with Gasteiger partial charge < -0.3 is 19.9 Å². The molecule has 1 aromatic heterocycles. The molecule has 0 radical (unpaired) electrons. The average molecular weight is 343 g/mol. The second-order valence-corrected chi connectivity index (χ2v) is 6.63. The predicted molar refractivity (Wildman–Crippen MR) is 89.8 cm³/mol. The zero-order valence-corrected chi connectivity index (χ0v) is 14.2. The monoisotopic (exact) mass is 343 g/mol. The second-order valence-electron chi connectivity index (χ2n) is 6.63. The van der Waals surface area contributed by atoms with Crippen molar-refractivity contribution in [2.24, 2.45) is 0 Å². The Morgan fingerprint density at radius 3 is 2.60 bits per heavy atom. The molecule has 0 bridgehead atoms. The Morgan fingerprint density at radius 1 is 1.20 bits per heavy atom. The second kappa shape index (κ2) is 6.25. The molecule has 7 nitrogen and oxygen atoms in total. The standard InChI is InChI=1S/C18H21N3O4/c1-10-7-11(2)21(20-10)13-5-3-12(4-6-13)18(23)19-14-8-24-17-15(22)9-25-16(14)17/h3-7,14-17,22H,8-9H2,1-2H3,(H,19,23)/t14-,15-,16-,17-/m1/s1. The molecule has 0 aliphatic carbocycles. The Hall–Kier alpha value is -2.22. The molecule has 1 aromatic carbocycles. The molecule has 25 heavy (non-hydrogen) atoms. The van der Waals surface area contributed by atoms with Crippen molar-refractivity contribution in [3.8, 4) is 5.69 Å². The number of aliphatic hydroxyl groups is 1. The van der Waals surface area contributed by atoms with Crippen LogP contribution in [0.15, 0.2) is 30.3 Å². The summed E-state index contributed by atoms with van der Waals surface area (Å²) in [6.45, 7) is 4.54. The van der Waals surface area contributed by atoms with Gasteiger partial charge in [0.25, 0.3) is 5.91 Å². The van der Waals surface area contributed by atoms with Crippen LogP contribution in [0, 0.1) is 13.8 Å². The molecule has 2 aromatic rings. The van der Waals surface area contributed by atoms with Gasteiger partial charge in [0.2, 0.25) is 0 Å². The molecule has 2 aliphatic heterocycles. The zero-order chi connectivity index (χ0) is 17.6. The number of nitrogens with one attached hydrogen (secondary N) is 1. The third kappa shape index (κ3) is 2.95. The Labute approximate surface area is 145 Å². The molecule has 3 heterocycles. The van der Waals surface area contributed by atoms with Gasteiger partial charge in [-0.15, -0.1) is 0 Å². The maximum absolute atomic E-state index is 12.5. The van der Waals surface area contributed by atoms with E-state index in [1.807, 2.05) is 36.7 Å². The molecular formula is C18H21N3O4. The number of carbonyl (C=O) groups is 1. The lowest BCUT2D eigenvalue weighted by Gasteiger charge is -2.17. The summed E-state index contributed by atoms with van der Waals surface area (Å²) in [5.41, 5.74) is 3.47. The molecule has 4 rings (SSSR count). The van der Waals surface area contributed by atoms with Gasteiger partial charge >= 0.3 is 0 Å². The fraction of sp³-hybridized carbons (Fsp3) is 0.444. The van der Waals surface area contributed by atoms with Gasteiger partial charge in [-0.05, 0) is 44.2 Å². The summed E-state index contributed by atoms with van der Waals surface area (Å²) in [7, 11) is 0. The van der Waals surface area contributed by atoms with E-state index in [4.69, 9.17) is 9.47 Å². The van der Waals surface area contributed by atoms with Crippen molar-refractivity contribution in [3.63, 3.8) is 0 Å². The number of hydrogen-bond acceptors (Lipinski definition) is 5. The summed E-state index contributed by atoms with van der Waals surface area (Å²) in [5.74, 6) is -0.181. The van der Waals surface area contributed by atoms with Crippen LogP contribution in [-0.4, -0.2) is 58.4 Å². The number of aromatic nitrogens is 2. The van der Waals surface area contributed by atoms with Crippen LogP contribution in [0.1, 0.15) is 21.7 Å². The first-order chi connectivity index (χ1) is 12.0. The fourth-order valence-corrected chi connectivity index (χ4v) is 3.50. The summed E-state index contributed by atoms with van der Waals surface area (Å²) < 4.78 is 12.9. The zero-order valence-electron chi connectivity index (χ0n) is 14.2. The van der Waals surface area contributed by atoms with Crippen molar-refractivity contribution in [2.75, 3.05) is 13.2 Å². The van der Waals surface area contributed by atoms with Crippen molar-refractivity contribution < 1.29 is 19.4 Å². The third-order valence-corrected chi connectivity index (χ3v) is 4.73. The lowest BCUT2D eigenvalue weighted by Crippen LogP contribution is -2.44. The quantitative estimate of drug-likeness (QED) is 0.859. The average Bonchev–Trinajstić information content (AvgIpc) is 3.26. The summed E-state index contributed by atoms with van der Waals surface area (Å²) in [5, 5.41) is 17.1. The van der Waals surface area contributed by atoms with Crippen molar-refractivity contribution in [1.82, 2.24) is 15.1 Å². The molecule has 2 N–H and O–H groups in total. The molecule has 0 spiro atoms. The molecule has 2 aliphatic rings. The first kappa shape index (κ1) is 16.3. The van der Waals surface area contributed by atoms with E-state index in [1.54, 1.807) is 12.1 Å². The third-order valence-electron chi connectivity index (χ3n) is 4.73. The van der Waals surface area contributed by atoms with Crippen LogP contribution in [0.2, 0.25) is 0 Å². The lowest BCUT2D eigenvalue weighted by molar-refractivity contribution is 0.0178. The van der Waals surface area contributed by atoms with Crippen molar-refractivity contribution in [1.29, 1.82) is 0 Å². The van der Waals surface area contributed by atoms with Crippen LogP contribution < -0.4 is 5.32 Å². The number of fused-ring (bicyclic) bond motifs is 1. The van der Waals surface area contributed by atoms with Gasteiger partial charge in [-0.25, -0.2) is 4.68 Å². The maximum Gasteiger partial charge on any atom is 0.251 e. The van der Waals surface area contributed by atoms with Crippen LogP contribution in [0.5, 0.6) is 0 Å². The normalized spacial score (nSPS) is 28.1. The van der Waals surface area contributed by atoms with E-state index in [0.29, 0.717) is 12.2 Å². The summed E-state index contributed by atoms with van der Waals surface area (Å²) in [4.78, 5) is 12.5. The summed E-state index contributed by atoms with van der Waals surface area (Å²) in [6, 6.07) is 9.06. The SMILES string of the molecule is Cc1cc(C)n(-c2ccc(C(=O)N[C@@H]3CO[C@H]4[C@@H]3OC[C@H]4O)cc2)n1. The molecule has 7 heteroatoms. The van der Waals surface area contributed by atoms with Gasteiger partial charge in [-0.3, -0.25) is 4.79 Å². The van der Waals surface area contributed by atoms with E-state index >= 15 is 0 Å². The number of aliphatic hydroxyl groups excluding tert-OH is 1. The van der Waals surface area contributed by atoms with Gasteiger partial charge in [-0.2, -0.15) is 5.10 Å². The Balaban J connectivity index is 1.45. The van der Waals surface area contributed by atoms with Crippen LogP contribution in [0.25, 0.3) is 5.69 Å². The van der Waals surface area contributed by atoms with Gasteiger partial charge in [0.1, 0.15) is 18.3 Å². The first-order valence-corrected chi connectivity index (χ1v) is 8.39. The number of carbonyl (C=O) groups excluding carboxylic acids is 1. The maximum atomic E-state index is 12.5. The largest absolute Gasteiger partial charge is 0.388 e. The van der Waals surface area contributed by atoms with Crippen LogP contribution in [0.3, 0.4) is 0 Å². The molecule has 0 unspecified atom stereocenters. The Kier molecular flexibility index (Phi) is 4.07. The summed E-state index contributed by atoms with van der Waals surface area (Å²) >= 11 is 0. The minimum Gasteiger partial charge on any atom is -0.388 e. The molecule has 0 saturated carbocycles. The summed E-state index contributed by atoms with van der Waals surface area (Å²) in [6.07, 6.45) is -1.25. The van der Waals surface area contributed by atoms with E-state index < -0.39 is 6.10 Å². The molecule has 132 valence electrons. The Morgan fingerprint density at radius 2 is 1.92 bits per heavy atom. The van der Waals surface area contributed by atoms with E-state index in [9.17, 15) is 9.90 Å². The minimum absolute atomic E-state index is 0.181. The van der Waals surface area contributed by atoms with Gasteiger partial charge in [0.15, 0.2) is 0 Å². The van der Waals surface area contributed by atoms with Crippen molar-refractivity contribution >= 4 is 5.91 Å². The number of ether oxygens (including phenoxy) is 2. The van der Waals surface area contributed by atoms with Crippen LogP contribution in [0.4, 0.5) is 0 Å². The number of rotatable bonds is 3. The highest BCUT2D eigenvalue weighted by Gasteiger charge is 2.47. The predicted octanol–water partition coefficient (Wildman–Crippen LogP) is 0.746. The van der Waals surface area contributed by atoms with Crippen LogP contribution >= 0.6 is 0 Å². The number of amides is 1. The smallest absolute Gasteiger partial charge is 0.251 e. The van der Waals surface area contributed by atoms with Crippen molar-refractivity contribution in [3.05, 3.63) is 47.3 Å². The highest BCUT2D eigenvalue weighted by Crippen LogP contribution is 2.27. The molecule has 2 fully saturated rings. The van der Waals surface area contributed by atoms with E-state index in [0.717, 1.165) is 17.1 Å². The van der Waals surface area contributed by atoms with E-state index in [2.05, 4.69) is 10.4 Å². The topological polar surface area (TPSA) is 85.6 Å². The number of nitrogens with zero attached hydrogens (tertiary/aromatic N) is 2. The molecule has 4 atom stereocenters. The first-order valence-electron chi connectivity index (χ1n) is 8.39. The highest BCUT2D eigenvalue weighted by atomic mass is 16.6. The lowest BCUT2D eigenvalue weighted by atomic mass is 10.1. The number of hydrogen-bond donors (Lipinski definition) is 2. The van der Waals surface area contributed by atoms with E-state index in [1.165, 1.54) is 0 Å². The number of benzene rings is 1. The van der Waals surface area contributed by atoms with Gasteiger partial charge in [-0.1, -0.05) is 0 Å². The molecular weight excluding hydrogens is 322 g/mol. The van der Waals surface area contributed by atoms with E-state index in [-0.39, 0.29) is 30.8 Å².